The maximum Gasteiger partial charge on any atom is 0.311 e. The first-order valence-electron chi connectivity index (χ1n) is 5.95. The molecule has 0 bridgehead atoms. The third kappa shape index (κ3) is 3.16. The molecule has 1 aromatic carbocycles. The number of hydrogen-bond acceptors (Lipinski definition) is 2. The molecule has 2 aromatic rings. The number of aromatic nitrogens is 1. The molecule has 0 aliphatic heterocycles. The van der Waals surface area contributed by atoms with Gasteiger partial charge in [-0.3, -0.25) is 9.78 Å². The van der Waals surface area contributed by atoms with Gasteiger partial charge in [-0.2, -0.15) is 0 Å². The van der Waals surface area contributed by atoms with E-state index in [1.807, 2.05) is 6.92 Å². The second kappa shape index (κ2) is 5.61. The van der Waals surface area contributed by atoms with Gasteiger partial charge in [0.15, 0.2) is 0 Å². The van der Waals surface area contributed by atoms with Gasteiger partial charge in [0.2, 0.25) is 0 Å². The van der Waals surface area contributed by atoms with Gasteiger partial charge >= 0.3 is 5.97 Å². The predicted molar refractivity (Wildman–Crippen MR) is 69.5 cm³/mol. The van der Waals surface area contributed by atoms with Gasteiger partial charge in [0.1, 0.15) is 5.82 Å². The molecule has 0 radical (unpaired) electrons. The maximum absolute atomic E-state index is 13.1. The zero-order valence-corrected chi connectivity index (χ0v) is 10.5. The molecule has 1 atom stereocenters. The minimum atomic E-state index is -0.918. The van der Waals surface area contributed by atoms with Crippen molar-refractivity contribution in [3.05, 3.63) is 65.2 Å². The number of carboxylic acids is 1. The van der Waals surface area contributed by atoms with Crippen molar-refractivity contribution in [3.63, 3.8) is 0 Å². The van der Waals surface area contributed by atoms with E-state index in [0.29, 0.717) is 11.1 Å². The largest absolute Gasteiger partial charge is 0.481 e. The molecule has 0 aliphatic carbocycles. The quantitative estimate of drug-likeness (QED) is 0.918. The van der Waals surface area contributed by atoms with Crippen LogP contribution in [0, 0.1) is 12.7 Å². The summed E-state index contributed by atoms with van der Waals surface area (Å²) in [6.07, 6.45) is 3.47. The Morgan fingerprint density at radius 1 is 1.42 bits per heavy atom. The van der Waals surface area contributed by atoms with Gasteiger partial charge in [0.25, 0.3) is 0 Å². The van der Waals surface area contributed by atoms with E-state index in [4.69, 9.17) is 0 Å². The van der Waals surface area contributed by atoms with Crippen LogP contribution in [0.4, 0.5) is 4.39 Å². The SMILES string of the molecule is Cc1cnccc1C(Cc1cccc(F)c1)C(=O)O. The van der Waals surface area contributed by atoms with E-state index in [-0.39, 0.29) is 12.2 Å². The van der Waals surface area contributed by atoms with Gasteiger partial charge < -0.3 is 5.11 Å². The Morgan fingerprint density at radius 2 is 2.21 bits per heavy atom. The minimum absolute atomic E-state index is 0.262. The molecule has 2 rings (SSSR count). The van der Waals surface area contributed by atoms with Crippen LogP contribution in [0.5, 0.6) is 0 Å². The first-order chi connectivity index (χ1) is 9.08. The molecule has 1 N–H and O–H groups in total. The molecule has 1 aromatic heterocycles. The summed E-state index contributed by atoms with van der Waals surface area (Å²) in [6, 6.07) is 7.73. The van der Waals surface area contributed by atoms with Crippen LogP contribution in [0.3, 0.4) is 0 Å². The highest BCUT2D eigenvalue weighted by Crippen LogP contribution is 2.24. The number of benzene rings is 1. The second-order valence-electron chi connectivity index (χ2n) is 4.46. The highest BCUT2D eigenvalue weighted by atomic mass is 19.1. The van der Waals surface area contributed by atoms with Crippen LogP contribution < -0.4 is 0 Å². The second-order valence-corrected chi connectivity index (χ2v) is 4.46. The van der Waals surface area contributed by atoms with Crippen LogP contribution >= 0.6 is 0 Å². The van der Waals surface area contributed by atoms with E-state index in [9.17, 15) is 14.3 Å². The fourth-order valence-electron chi connectivity index (χ4n) is 2.11. The van der Waals surface area contributed by atoms with Crippen molar-refractivity contribution >= 4 is 5.97 Å². The molecule has 98 valence electrons. The average molecular weight is 259 g/mol. The smallest absolute Gasteiger partial charge is 0.311 e. The van der Waals surface area contributed by atoms with Gasteiger partial charge in [0.05, 0.1) is 5.92 Å². The lowest BCUT2D eigenvalue weighted by atomic mass is 9.90. The van der Waals surface area contributed by atoms with Crippen LogP contribution in [0.15, 0.2) is 42.7 Å². The first kappa shape index (κ1) is 13.2. The van der Waals surface area contributed by atoms with Crippen molar-refractivity contribution in [1.82, 2.24) is 4.98 Å². The number of pyridine rings is 1. The zero-order valence-electron chi connectivity index (χ0n) is 10.5. The molecule has 0 saturated carbocycles. The number of rotatable bonds is 4. The molecule has 1 unspecified atom stereocenters. The zero-order chi connectivity index (χ0) is 13.8. The number of carbonyl (C=O) groups is 1. The van der Waals surface area contributed by atoms with Crippen LogP contribution in [-0.4, -0.2) is 16.1 Å². The number of aliphatic carboxylic acids is 1. The van der Waals surface area contributed by atoms with Crippen molar-refractivity contribution < 1.29 is 14.3 Å². The fraction of sp³-hybridized carbons (Fsp3) is 0.200. The summed E-state index contributed by atoms with van der Waals surface area (Å²) in [5.74, 6) is -1.96. The van der Waals surface area contributed by atoms with Crippen molar-refractivity contribution in [2.75, 3.05) is 0 Å². The molecular formula is C15H14FNO2. The van der Waals surface area contributed by atoms with Crippen LogP contribution in [0.1, 0.15) is 22.6 Å². The molecule has 0 aliphatic rings. The van der Waals surface area contributed by atoms with Crippen molar-refractivity contribution in [2.45, 2.75) is 19.3 Å². The summed E-state index contributed by atoms with van der Waals surface area (Å²) in [4.78, 5) is 15.4. The molecule has 0 saturated heterocycles. The number of hydrogen-bond donors (Lipinski definition) is 1. The van der Waals surface area contributed by atoms with Crippen molar-refractivity contribution in [1.29, 1.82) is 0 Å². The van der Waals surface area contributed by atoms with Crippen molar-refractivity contribution in [3.8, 4) is 0 Å². The summed E-state index contributed by atoms with van der Waals surface area (Å²) in [7, 11) is 0. The van der Waals surface area contributed by atoms with E-state index >= 15 is 0 Å². The Morgan fingerprint density at radius 3 is 2.84 bits per heavy atom. The normalized spacial score (nSPS) is 12.1. The predicted octanol–water partition coefficient (Wildman–Crippen LogP) is 2.94. The lowest BCUT2D eigenvalue weighted by Crippen LogP contribution is -2.15. The molecule has 19 heavy (non-hydrogen) atoms. The van der Waals surface area contributed by atoms with Crippen molar-refractivity contribution in [2.24, 2.45) is 0 Å². The third-order valence-electron chi connectivity index (χ3n) is 3.07. The maximum atomic E-state index is 13.1. The Kier molecular flexibility index (Phi) is 3.90. The lowest BCUT2D eigenvalue weighted by Gasteiger charge is -2.15. The molecular weight excluding hydrogens is 245 g/mol. The van der Waals surface area contributed by atoms with Gasteiger partial charge in [-0.25, -0.2) is 4.39 Å². The number of nitrogens with zero attached hydrogens (tertiary/aromatic N) is 1. The molecule has 0 amide bonds. The Bertz CT molecular complexity index is 598. The molecule has 0 spiro atoms. The Labute approximate surface area is 110 Å². The minimum Gasteiger partial charge on any atom is -0.481 e. The Hall–Kier alpha value is -2.23. The number of carboxylic acid groups (broad SMARTS) is 1. The summed E-state index contributed by atoms with van der Waals surface area (Å²) in [5.41, 5.74) is 2.21. The third-order valence-corrected chi connectivity index (χ3v) is 3.07. The lowest BCUT2D eigenvalue weighted by molar-refractivity contribution is -0.138. The van der Waals surface area contributed by atoms with E-state index in [2.05, 4.69) is 4.98 Å². The van der Waals surface area contributed by atoms with E-state index in [0.717, 1.165) is 5.56 Å². The highest BCUT2D eigenvalue weighted by Gasteiger charge is 2.22. The summed E-state index contributed by atoms with van der Waals surface area (Å²) >= 11 is 0. The standard InChI is InChI=1S/C15H14FNO2/c1-10-9-17-6-5-13(10)14(15(18)19)8-11-3-2-4-12(16)7-11/h2-7,9,14H,8H2,1H3,(H,18,19). The summed E-state index contributed by atoms with van der Waals surface area (Å²) < 4.78 is 13.1. The summed E-state index contributed by atoms with van der Waals surface area (Å²) in [6.45, 7) is 1.82. The average Bonchev–Trinajstić information content (AvgIpc) is 2.37. The molecule has 4 heteroatoms. The topological polar surface area (TPSA) is 50.2 Å². The molecule has 0 fully saturated rings. The van der Waals surface area contributed by atoms with Crippen LogP contribution in [0.2, 0.25) is 0 Å². The Balaban J connectivity index is 2.32. The monoisotopic (exact) mass is 259 g/mol. The number of aryl methyl sites for hydroxylation is 1. The molecule has 3 nitrogen and oxygen atoms in total. The first-order valence-corrected chi connectivity index (χ1v) is 5.95. The molecule has 1 heterocycles. The highest BCUT2D eigenvalue weighted by molar-refractivity contribution is 5.77. The van der Waals surface area contributed by atoms with Gasteiger partial charge in [-0.05, 0) is 48.2 Å². The van der Waals surface area contributed by atoms with Gasteiger partial charge in [-0.15, -0.1) is 0 Å². The van der Waals surface area contributed by atoms with E-state index in [1.165, 1.54) is 12.1 Å². The van der Waals surface area contributed by atoms with E-state index < -0.39 is 11.9 Å². The van der Waals surface area contributed by atoms with Gasteiger partial charge in [0, 0.05) is 12.4 Å². The van der Waals surface area contributed by atoms with E-state index in [1.54, 1.807) is 30.6 Å². The van der Waals surface area contributed by atoms with Gasteiger partial charge in [-0.1, -0.05) is 12.1 Å². The van der Waals surface area contributed by atoms with Crippen LogP contribution in [0.25, 0.3) is 0 Å². The fourth-order valence-corrected chi connectivity index (χ4v) is 2.11. The van der Waals surface area contributed by atoms with Crippen LogP contribution in [-0.2, 0) is 11.2 Å². The summed E-state index contributed by atoms with van der Waals surface area (Å²) in [5, 5.41) is 9.37. The number of halogens is 1.